The number of aromatic nitrogens is 2. The number of hydrogen-bond acceptors (Lipinski definition) is 4. The molecule has 42 heavy (non-hydrogen) atoms. The SMILES string of the molecule is O=S(=O)(c1ccco1)n1c(-c2c(Pc3ccccc3)ccc3ccccc23)nc(-c2ccccc2)c1-c1ccccc1. The summed E-state index contributed by atoms with van der Waals surface area (Å²) in [7, 11) is -3.92. The standard InChI is InChI=1S/C35H25N2O3PS/c38-42(39,31-21-12-24-40-31)37-34(27-16-6-2-7-17-27)33(26-14-4-1-5-15-26)36-35(37)32-29-20-11-10-13-25(29)22-23-30(32)41-28-18-8-3-9-19-28/h1-24,41H. The molecule has 0 N–H and O–H groups in total. The Balaban J connectivity index is 1.63. The zero-order valence-electron chi connectivity index (χ0n) is 22.4. The molecule has 0 amide bonds. The van der Waals surface area contributed by atoms with Gasteiger partial charge in [0.2, 0.25) is 5.09 Å². The first-order valence-electron chi connectivity index (χ1n) is 13.5. The van der Waals surface area contributed by atoms with E-state index in [1.54, 1.807) is 6.07 Å². The number of furan rings is 1. The normalized spacial score (nSPS) is 11.9. The topological polar surface area (TPSA) is 65.1 Å². The number of imidazole rings is 1. The van der Waals surface area contributed by atoms with E-state index in [9.17, 15) is 8.42 Å². The van der Waals surface area contributed by atoms with Crippen LogP contribution in [-0.2, 0) is 10.0 Å². The first-order chi connectivity index (χ1) is 20.6. The fraction of sp³-hybridized carbons (Fsp3) is 0. The Labute approximate surface area is 246 Å². The van der Waals surface area contributed by atoms with Gasteiger partial charge < -0.3 is 4.42 Å². The van der Waals surface area contributed by atoms with E-state index in [4.69, 9.17) is 9.40 Å². The van der Waals surface area contributed by atoms with Gasteiger partial charge in [-0.3, -0.25) is 0 Å². The lowest BCUT2D eigenvalue weighted by Gasteiger charge is -2.16. The van der Waals surface area contributed by atoms with Crippen molar-refractivity contribution in [3.8, 4) is 33.9 Å². The molecule has 0 aliphatic carbocycles. The summed E-state index contributed by atoms with van der Waals surface area (Å²) in [6.07, 6.45) is 1.38. The second kappa shape index (κ2) is 10.9. The van der Waals surface area contributed by atoms with E-state index >= 15 is 0 Å². The number of rotatable bonds is 7. The van der Waals surface area contributed by atoms with Crippen LogP contribution in [0, 0.1) is 0 Å². The molecule has 7 aromatic rings. The first kappa shape index (κ1) is 26.1. The third kappa shape index (κ3) is 4.65. The van der Waals surface area contributed by atoms with E-state index < -0.39 is 10.0 Å². The lowest BCUT2D eigenvalue weighted by atomic mass is 10.0. The van der Waals surface area contributed by atoms with Crippen molar-refractivity contribution in [1.29, 1.82) is 0 Å². The number of nitrogens with zero attached hydrogens (tertiary/aromatic N) is 2. The summed E-state index contributed by atoms with van der Waals surface area (Å²) in [5, 5.41) is 3.93. The second-order valence-corrected chi connectivity index (χ2v) is 12.9. The largest absolute Gasteiger partial charge is 0.451 e. The van der Waals surface area contributed by atoms with Crippen molar-refractivity contribution in [2.24, 2.45) is 0 Å². The zero-order chi connectivity index (χ0) is 28.5. The Kier molecular flexibility index (Phi) is 6.79. The lowest BCUT2D eigenvalue weighted by molar-refractivity contribution is 0.447. The molecule has 0 saturated carbocycles. The van der Waals surface area contributed by atoms with E-state index in [-0.39, 0.29) is 13.7 Å². The highest BCUT2D eigenvalue weighted by atomic mass is 32.2. The van der Waals surface area contributed by atoms with E-state index in [1.165, 1.54) is 16.3 Å². The fourth-order valence-corrected chi connectivity index (χ4v) is 7.85. The van der Waals surface area contributed by atoms with E-state index in [0.717, 1.165) is 38.1 Å². The van der Waals surface area contributed by atoms with E-state index in [0.29, 0.717) is 17.2 Å². The third-order valence-corrected chi connectivity index (χ3v) is 10.0. The molecule has 5 nitrogen and oxygen atoms in total. The van der Waals surface area contributed by atoms with E-state index in [2.05, 4.69) is 24.3 Å². The van der Waals surface area contributed by atoms with Gasteiger partial charge in [0.15, 0.2) is 5.82 Å². The number of fused-ring (bicyclic) bond motifs is 1. The van der Waals surface area contributed by atoms with Gasteiger partial charge in [-0.05, 0) is 33.5 Å². The second-order valence-electron chi connectivity index (χ2n) is 9.77. The molecule has 7 rings (SSSR count). The molecule has 7 heteroatoms. The molecule has 2 aromatic heterocycles. The molecule has 204 valence electrons. The van der Waals surface area contributed by atoms with Crippen molar-refractivity contribution in [2.75, 3.05) is 0 Å². The van der Waals surface area contributed by atoms with Crippen LogP contribution >= 0.6 is 8.58 Å². The van der Waals surface area contributed by atoms with Crippen LogP contribution in [-0.4, -0.2) is 17.4 Å². The minimum absolute atomic E-state index is 0.148. The summed E-state index contributed by atoms with van der Waals surface area (Å²) < 4.78 is 36.0. The molecule has 1 atom stereocenters. The van der Waals surface area contributed by atoms with Crippen LogP contribution in [0.25, 0.3) is 44.7 Å². The van der Waals surface area contributed by atoms with Gasteiger partial charge in [-0.25, -0.2) is 8.96 Å². The van der Waals surface area contributed by atoms with Gasteiger partial charge in [-0.15, -0.1) is 0 Å². The van der Waals surface area contributed by atoms with Crippen molar-refractivity contribution < 1.29 is 12.8 Å². The molecule has 2 heterocycles. The predicted molar refractivity (Wildman–Crippen MR) is 171 cm³/mol. The van der Waals surface area contributed by atoms with Gasteiger partial charge in [0.05, 0.1) is 17.7 Å². The quantitative estimate of drug-likeness (QED) is 0.182. The van der Waals surface area contributed by atoms with Gasteiger partial charge in [0.25, 0.3) is 0 Å². The molecule has 0 aliphatic heterocycles. The fourth-order valence-electron chi connectivity index (χ4n) is 5.24. The van der Waals surface area contributed by atoms with Gasteiger partial charge >= 0.3 is 10.0 Å². The predicted octanol–water partition coefficient (Wildman–Crippen LogP) is 7.50. The molecular formula is C35H25N2O3PS. The highest BCUT2D eigenvalue weighted by molar-refractivity contribution is 7.90. The minimum atomic E-state index is -4.21. The Hall–Kier alpha value is -4.77. The monoisotopic (exact) mass is 584 g/mol. The molecule has 0 fully saturated rings. The first-order valence-corrected chi connectivity index (χ1v) is 15.9. The molecule has 5 aromatic carbocycles. The maximum Gasteiger partial charge on any atom is 0.303 e. The molecule has 0 radical (unpaired) electrons. The molecule has 0 bridgehead atoms. The average Bonchev–Trinajstić information content (AvgIpc) is 3.73. The summed E-state index contributed by atoms with van der Waals surface area (Å²) in [5.74, 6) is 0.347. The third-order valence-electron chi connectivity index (χ3n) is 7.13. The maximum absolute atomic E-state index is 14.6. The smallest absolute Gasteiger partial charge is 0.303 e. The Morgan fingerprint density at radius 3 is 1.98 bits per heavy atom. The van der Waals surface area contributed by atoms with Crippen molar-refractivity contribution in [3.05, 3.63) is 146 Å². The van der Waals surface area contributed by atoms with Gasteiger partial charge in [0, 0.05) is 16.7 Å². The van der Waals surface area contributed by atoms with Crippen LogP contribution in [0.3, 0.4) is 0 Å². The van der Waals surface area contributed by atoms with Gasteiger partial charge in [-0.1, -0.05) is 136 Å². The molecule has 0 aliphatic rings. The molecule has 1 unspecified atom stereocenters. The van der Waals surface area contributed by atoms with E-state index in [1.807, 2.05) is 103 Å². The van der Waals surface area contributed by atoms with Gasteiger partial charge in [0.1, 0.15) is 0 Å². The molecule has 0 spiro atoms. The minimum Gasteiger partial charge on any atom is -0.451 e. The summed E-state index contributed by atoms with van der Waals surface area (Å²) in [6.45, 7) is 0. The van der Waals surface area contributed by atoms with Crippen LogP contribution in [0.5, 0.6) is 0 Å². The number of hydrogen-bond donors (Lipinski definition) is 0. The maximum atomic E-state index is 14.6. The highest BCUT2D eigenvalue weighted by Crippen LogP contribution is 2.41. The summed E-state index contributed by atoms with van der Waals surface area (Å²) in [4.78, 5) is 5.20. The van der Waals surface area contributed by atoms with Crippen molar-refractivity contribution in [2.45, 2.75) is 5.09 Å². The Morgan fingerprint density at radius 1 is 0.643 bits per heavy atom. The van der Waals surface area contributed by atoms with Crippen LogP contribution in [0.2, 0.25) is 0 Å². The highest BCUT2D eigenvalue weighted by Gasteiger charge is 2.33. The van der Waals surface area contributed by atoms with Crippen molar-refractivity contribution in [3.63, 3.8) is 0 Å². The van der Waals surface area contributed by atoms with Gasteiger partial charge in [-0.2, -0.15) is 8.42 Å². The molecule has 0 saturated heterocycles. The molecular weight excluding hydrogens is 559 g/mol. The van der Waals surface area contributed by atoms with Crippen molar-refractivity contribution in [1.82, 2.24) is 8.96 Å². The van der Waals surface area contributed by atoms with Crippen LogP contribution < -0.4 is 10.6 Å². The lowest BCUT2D eigenvalue weighted by Crippen LogP contribution is -2.17. The Morgan fingerprint density at radius 2 is 1.29 bits per heavy atom. The van der Waals surface area contributed by atoms with Crippen LogP contribution in [0.1, 0.15) is 0 Å². The summed E-state index contributed by atoms with van der Waals surface area (Å²) in [5.41, 5.74) is 3.39. The number of benzene rings is 5. The van der Waals surface area contributed by atoms with Crippen LogP contribution in [0.4, 0.5) is 0 Å². The summed E-state index contributed by atoms with van der Waals surface area (Å²) in [6, 6.07) is 44.8. The average molecular weight is 585 g/mol. The summed E-state index contributed by atoms with van der Waals surface area (Å²) >= 11 is 0. The van der Waals surface area contributed by atoms with Crippen LogP contribution in [0.15, 0.2) is 155 Å². The Bertz CT molecular complexity index is 2110. The van der Waals surface area contributed by atoms with Crippen molar-refractivity contribution >= 4 is 40.0 Å². The zero-order valence-corrected chi connectivity index (χ0v) is 24.2.